The lowest BCUT2D eigenvalue weighted by Crippen LogP contribution is -2.16. The van der Waals surface area contributed by atoms with Crippen LogP contribution in [0.3, 0.4) is 0 Å². The summed E-state index contributed by atoms with van der Waals surface area (Å²) in [5.41, 5.74) is 7.45. The lowest BCUT2D eigenvalue weighted by Gasteiger charge is -2.13. The summed E-state index contributed by atoms with van der Waals surface area (Å²) in [4.78, 5) is 0.206. The van der Waals surface area contributed by atoms with E-state index in [2.05, 4.69) is 20.7 Å². The van der Waals surface area contributed by atoms with Gasteiger partial charge in [-0.15, -0.1) is 0 Å². The Bertz CT molecular complexity index is 779. The molecule has 2 aromatic rings. The van der Waals surface area contributed by atoms with E-state index in [1.54, 1.807) is 37.3 Å². The van der Waals surface area contributed by atoms with Gasteiger partial charge in [-0.05, 0) is 58.2 Å². The zero-order valence-electron chi connectivity index (χ0n) is 11.2. The molecule has 0 amide bonds. The maximum absolute atomic E-state index is 12.5. The van der Waals surface area contributed by atoms with E-state index >= 15 is 0 Å². The van der Waals surface area contributed by atoms with E-state index in [0.29, 0.717) is 20.7 Å². The van der Waals surface area contributed by atoms with Gasteiger partial charge in [0.05, 0.1) is 10.6 Å². The molecule has 0 aromatic heterocycles. The number of halogens is 2. The highest BCUT2D eigenvalue weighted by molar-refractivity contribution is 9.10. The first-order chi connectivity index (χ1) is 9.85. The van der Waals surface area contributed by atoms with Gasteiger partial charge in [0.1, 0.15) is 0 Å². The monoisotopic (exact) mass is 388 g/mol. The molecule has 2 rings (SSSR count). The lowest BCUT2D eigenvalue weighted by molar-refractivity contribution is 0.600. The Hall–Kier alpha value is -1.08. The van der Waals surface area contributed by atoms with Crippen molar-refractivity contribution in [3.05, 3.63) is 57.0 Å². The van der Waals surface area contributed by atoms with Crippen molar-refractivity contribution in [2.45, 2.75) is 18.4 Å². The van der Waals surface area contributed by atoms with Gasteiger partial charge in [-0.1, -0.05) is 23.7 Å². The summed E-state index contributed by atoms with van der Waals surface area (Å²) in [6.45, 7) is 2.03. The molecule has 0 radical (unpaired) electrons. The summed E-state index contributed by atoms with van der Waals surface area (Å²) < 4.78 is 28.2. The highest BCUT2D eigenvalue weighted by atomic mass is 79.9. The predicted octanol–water partition coefficient (Wildman–Crippen LogP) is 3.67. The number of hydrogen-bond acceptors (Lipinski definition) is 3. The van der Waals surface area contributed by atoms with E-state index in [0.717, 1.165) is 5.56 Å². The Kier molecular flexibility index (Phi) is 4.93. The molecule has 0 unspecified atom stereocenters. The molecule has 112 valence electrons. The van der Waals surface area contributed by atoms with Crippen LogP contribution in [0.15, 0.2) is 45.8 Å². The summed E-state index contributed by atoms with van der Waals surface area (Å²) in [5.74, 6) is 0. The van der Waals surface area contributed by atoms with Crippen LogP contribution in [0.2, 0.25) is 5.02 Å². The van der Waals surface area contributed by atoms with E-state index < -0.39 is 10.0 Å². The number of sulfonamides is 1. The second kappa shape index (κ2) is 6.36. The van der Waals surface area contributed by atoms with Crippen molar-refractivity contribution in [3.63, 3.8) is 0 Å². The molecule has 0 aliphatic rings. The molecule has 0 saturated carbocycles. The zero-order valence-corrected chi connectivity index (χ0v) is 14.4. The first-order valence-corrected chi connectivity index (χ1v) is 8.77. The van der Waals surface area contributed by atoms with Gasteiger partial charge < -0.3 is 5.73 Å². The largest absolute Gasteiger partial charge is 0.326 e. The van der Waals surface area contributed by atoms with E-state index in [-0.39, 0.29) is 11.4 Å². The fourth-order valence-electron chi connectivity index (χ4n) is 1.95. The van der Waals surface area contributed by atoms with Gasteiger partial charge in [0.15, 0.2) is 0 Å². The molecule has 0 fully saturated rings. The van der Waals surface area contributed by atoms with Gasteiger partial charge in [0.2, 0.25) is 0 Å². The Balaban J connectivity index is 2.46. The molecule has 0 spiro atoms. The third-order valence-corrected chi connectivity index (χ3v) is 5.51. The molecule has 0 bridgehead atoms. The zero-order chi connectivity index (χ0) is 15.6. The Morgan fingerprint density at radius 1 is 1.29 bits per heavy atom. The van der Waals surface area contributed by atoms with Crippen LogP contribution < -0.4 is 10.5 Å². The average molecular weight is 390 g/mol. The summed E-state index contributed by atoms with van der Waals surface area (Å²) in [7, 11) is -3.71. The van der Waals surface area contributed by atoms with Crippen molar-refractivity contribution in [2.24, 2.45) is 5.73 Å². The summed E-state index contributed by atoms with van der Waals surface area (Å²) in [5, 5.41) is 0.448. The maximum atomic E-state index is 12.5. The first-order valence-electron chi connectivity index (χ1n) is 6.11. The van der Waals surface area contributed by atoms with Crippen molar-refractivity contribution in [1.82, 2.24) is 0 Å². The molecule has 4 nitrogen and oxygen atoms in total. The summed E-state index contributed by atoms with van der Waals surface area (Å²) in [6, 6.07) is 9.94. The fraction of sp³-hybridized carbons (Fsp3) is 0.143. The number of nitrogens with one attached hydrogen (secondary N) is 1. The topological polar surface area (TPSA) is 72.2 Å². The van der Waals surface area contributed by atoms with Crippen molar-refractivity contribution in [2.75, 3.05) is 4.72 Å². The van der Waals surface area contributed by atoms with Crippen LogP contribution in [0, 0.1) is 6.92 Å². The van der Waals surface area contributed by atoms with Gasteiger partial charge in [0, 0.05) is 16.0 Å². The second-order valence-electron chi connectivity index (χ2n) is 4.47. The van der Waals surface area contributed by atoms with Crippen molar-refractivity contribution in [3.8, 4) is 0 Å². The molecule has 7 heteroatoms. The van der Waals surface area contributed by atoms with Crippen LogP contribution in [0.5, 0.6) is 0 Å². The smallest absolute Gasteiger partial charge is 0.262 e. The molecule has 2 aromatic carbocycles. The predicted molar refractivity (Wildman–Crippen MR) is 89.0 cm³/mol. The molecule has 0 aliphatic carbocycles. The molecule has 0 atom stereocenters. The van der Waals surface area contributed by atoms with Crippen LogP contribution in [0.1, 0.15) is 11.1 Å². The van der Waals surface area contributed by atoms with Gasteiger partial charge in [-0.3, -0.25) is 4.72 Å². The minimum absolute atomic E-state index is 0.206. The Morgan fingerprint density at radius 3 is 2.67 bits per heavy atom. The summed E-state index contributed by atoms with van der Waals surface area (Å²) in [6.07, 6.45) is 0. The Morgan fingerprint density at radius 2 is 2.00 bits per heavy atom. The van der Waals surface area contributed by atoms with E-state index in [4.69, 9.17) is 17.3 Å². The second-order valence-corrected chi connectivity index (χ2v) is 7.42. The number of nitrogens with two attached hydrogens (primary N) is 1. The van der Waals surface area contributed by atoms with E-state index in [1.165, 1.54) is 0 Å². The molecular formula is C14H14BrClN2O2S. The average Bonchev–Trinajstić information content (AvgIpc) is 2.42. The summed E-state index contributed by atoms with van der Waals surface area (Å²) >= 11 is 9.20. The van der Waals surface area contributed by atoms with Crippen molar-refractivity contribution < 1.29 is 8.42 Å². The third-order valence-electron chi connectivity index (χ3n) is 3.08. The molecule has 0 saturated heterocycles. The fourth-order valence-corrected chi connectivity index (χ4v) is 3.96. The normalized spacial score (nSPS) is 11.4. The van der Waals surface area contributed by atoms with E-state index in [9.17, 15) is 8.42 Å². The van der Waals surface area contributed by atoms with Gasteiger partial charge in [0.25, 0.3) is 10.0 Å². The van der Waals surface area contributed by atoms with Crippen LogP contribution in [0.25, 0.3) is 0 Å². The maximum Gasteiger partial charge on any atom is 0.262 e. The van der Waals surface area contributed by atoms with Crippen LogP contribution >= 0.6 is 27.5 Å². The number of benzene rings is 2. The molecule has 0 aliphatic heterocycles. The number of anilines is 1. The lowest BCUT2D eigenvalue weighted by atomic mass is 10.1. The van der Waals surface area contributed by atoms with Crippen molar-refractivity contribution >= 4 is 43.2 Å². The molecule has 0 heterocycles. The van der Waals surface area contributed by atoms with E-state index in [1.807, 2.05) is 6.07 Å². The minimum atomic E-state index is -3.71. The molecular weight excluding hydrogens is 376 g/mol. The number of rotatable bonds is 4. The molecule has 3 N–H and O–H groups in total. The van der Waals surface area contributed by atoms with Crippen molar-refractivity contribution in [1.29, 1.82) is 0 Å². The van der Waals surface area contributed by atoms with Crippen LogP contribution in [-0.4, -0.2) is 8.42 Å². The van der Waals surface area contributed by atoms with Gasteiger partial charge in [-0.2, -0.15) is 0 Å². The van der Waals surface area contributed by atoms with Gasteiger partial charge in [-0.25, -0.2) is 8.42 Å². The SMILES string of the molecule is Cc1c(CN)cccc1S(=O)(=O)Nc1cc(Cl)ccc1Br. The third kappa shape index (κ3) is 3.58. The highest BCUT2D eigenvalue weighted by Crippen LogP contribution is 2.29. The van der Waals surface area contributed by atoms with Crippen LogP contribution in [0.4, 0.5) is 5.69 Å². The quantitative estimate of drug-likeness (QED) is 0.838. The molecule has 21 heavy (non-hydrogen) atoms. The number of hydrogen-bond donors (Lipinski definition) is 2. The van der Waals surface area contributed by atoms with Gasteiger partial charge >= 0.3 is 0 Å². The Labute approximate surface area is 137 Å². The first kappa shape index (κ1) is 16.3. The highest BCUT2D eigenvalue weighted by Gasteiger charge is 2.19. The minimum Gasteiger partial charge on any atom is -0.326 e. The standard InChI is InChI=1S/C14H14BrClN2O2S/c1-9-10(8-17)3-2-4-14(9)21(19,20)18-13-7-11(16)5-6-12(13)15/h2-7,18H,8,17H2,1H3. The van der Waals surface area contributed by atoms with Crippen LogP contribution in [-0.2, 0) is 16.6 Å².